The first-order chi connectivity index (χ1) is 33.0. The van der Waals surface area contributed by atoms with E-state index in [0.717, 1.165) is 7.11 Å². The Kier molecular flexibility index (Phi) is 24.3. The van der Waals surface area contributed by atoms with Crippen molar-refractivity contribution in [2.45, 2.75) is 151 Å². The zero-order valence-corrected chi connectivity index (χ0v) is 44.4. The Morgan fingerprint density at radius 2 is 1.28 bits per heavy atom. The van der Waals surface area contributed by atoms with Crippen molar-refractivity contribution < 1.29 is 62.4 Å². The minimum Gasteiger partial charge on any atom is -0.467 e. The number of nitrogens with zero attached hydrogens (tertiary/aromatic N) is 1. The number of alkyl halides is 3. The van der Waals surface area contributed by atoms with E-state index in [0.29, 0.717) is 18.4 Å². The third-order valence-electron chi connectivity index (χ3n) is 11.8. The topological polar surface area (TPSA) is 269 Å². The highest BCUT2D eigenvalue weighted by Crippen LogP contribution is 2.40. The second-order valence-electron chi connectivity index (χ2n) is 18.7. The summed E-state index contributed by atoms with van der Waals surface area (Å²) in [6, 6.07) is -0.445. The van der Waals surface area contributed by atoms with Crippen molar-refractivity contribution in [3.8, 4) is 0 Å². The van der Waals surface area contributed by atoms with Gasteiger partial charge in [0.1, 0.15) is 36.3 Å². The summed E-state index contributed by atoms with van der Waals surface area (Å²) in [5.74, 6) is -6.05. The fraction of sp³-hybridized carbons (Fsp3) is 0.625. The van der Waals surface area contributed by atoms with Gasteiger partial charge < -0.3 is 60.9 Å². The number of aliphatic hydroxyl groups is 1. The van der Waals surface area contributed by atoms with Crippen LogP contribution >= 0.6 is 34.8 Å². The maximum Gasteiger partial charge on any atom is 0.408 e. The van der Waals surface area contributed by atoms with Gasteiger partial charge in [-0.2, -0.15) is 0 Å². The number of carbonyl (C=O) groups is 8. The molecule has 20 nitrogen and oxygen atoms in total. The number of carbonyl (C=O) groups excluding carboxylic acids is 8. The van der Waals surface area contributed by atoms with Gasteiger partial charge in [-0.25, -0.2) is 9.59 Å². The molecule has 1 aliphatic heterocycles. The Labute approximate surface area is 431 Å². The van der Waals surface area contributed by atoms with E-state index in [9.17, 15) is 43.5 Å². The maximum absolute atomic E-state index is 14.3. The molecule has 7 amide bonds. The Bertz CT molecular complexity index is 2040. The Morgan fingerprint density at radius 3 is 1.79 bits per heavy atom. The van der Waals surface area contributed by atoms with E-state index < -0.39 is 136 Å². The molecule has 0 spiro atoms. The SMILES string of the molecule is C=CC(C)(C)OC[C@H](NC(=O)OC(C)(C)C(Cl)(Cl)Cl)C(=O)N[C@@H](COC(C)(C)C=C)C(=O)N[C@H](C(=O)N[C@@H](C)C(=O)N1CCC[C@H]1C(=O)N[C@@H](Cc1ccccc1)C(=O)N[C@@H](CO)C(=O)OC)[C@@H](C)CC. The van der Waals surface area contributed by atoms with Crippen LogP contribution in [0.25, 0.3) is 0 Å². The highest BCUT2D eigenvalue weighted by atomic mass is 35.6. The molecule has 0 saturated carbocycles. The lowest BCUT2D eigenvalue weighted by molar-refractivity contribution is -0.146. The molecule has 0 radical (unpaired) electrons. The normalized spacial score (nSPS) is 17.1. The number of amides is 7. The van der Waals surface area contributed by atoms with Gasteiger partial charge >= 0.3 is 12.1 Å². The lowest BCUT2D eigenvalue weighted by Gasteiger charge is -2.33. The number of hydrogen-bond donors (Lipinski definition) is 7. The molecule has 71 heavy (non-hydrogen) atoms. The predicted molar refractivity (Wildman–Crippen MR) is 267 cm³/mol. The van der Waals surface area contributed by atoms with Gasteiger partial charge in [-0.1, -0.05) is 97.6 Å². The summed E-state index contributed by atoms with van der Waals surface area (Å²) in [5, 5.41) is 25.2. The van der Waals surface area contributed by atoms with Crippen molar-refractivity contribution in [2.24, 2.45) is 5.92 Å². The lowest BCUT2D eigenvalue weighted by Crippen LogP contribution is -2.61. The van der Waals surface area contributed by atoms with Crippen molar-refractivity contribution in [2.75, 3.05) is 33.5 Å². The largest absolute Gasteiger partial charge is 0.467 e. The maximum atomic E-state index is 14.3. The second kappa shape index (κ2) is 27.7. The van der Waals surface area contributed by atoms with Crippen molar-refractivity contribution in [1.82, 2.24) is 36.8 Å². The van der Waals surface area contributed by atoms with Crippen LogP contribution in [0.15, 0.2) is 55.6 Å². The summed E-state index contributed by atoms with van der Waals surface area (Å²) in [4.78, 5) is 110. The van der Waals surface area contributed by atoms with E-state index in [1.807, 2.05) is 0 Å². The number of hydrogen-bond acceptors (Lipinski definition) is 13. The van der Waals surface area contributed by atoms with E-state index in [1.165, 1.54) is 37.8 Å². The molecule has 0 aliphatic carbocycles. The summed E-state index contributed by atoms with van der Waals surface area (Å²) >= 11 is 18.0. The molecule has 398 valence electrons. The Morgan fingerprint density at radius 1 is 0.761 bits per heavy atom. The molecule has 2 rings (SSSR count). The highest BCUT2D eigenvalue weighted by molar-refractivity contribution is 6.68. The average molecular weight is 1060 g/mol. The van der Waals surface area contributed by atoms with Gasteiger partial charge in [-0.3, -0.25) is 28.8 Å². The number of aliphatic hydroxyl groups excluding tert-OH is 1. The number of ether oxygens (including phenoxy) is 4. The van der Waals surface area contributed by atoms with Gasteiger partial charge in [-0.05, 0) is 72.8 Å². The molecule has 1 aromatic rings. The first-order valence-corrected chi connectivity index (χ1v) is 24.3. The van der Waals surface area contributed by atoms with Gasteiger partial charge in [0.05, 0.1) is 38.1 Å². The fourth-order valence-electron chi connectivity index (χ4n) is 6.61. The molecule has 0 aromatic heterocycles. The number of likely N-dealkylation sites (tertiary alicyclic amines) is 1. The number of nitrogens with one attached hydrogen (secondary N) is 6. The number of rotatable bonds is 27. The quantitative estimate of drug-likeness (QED) is 0.0380. The average Bonchev–Trinajstić information content (AvgIpc) is 3.81. The first-order valence-electron chi connectivity index (χ1n) is 23.1. The molecule has 7 N–H and O–H groups in total. The first kappa shape index (κ1) is 62.1. The van der Waals surface area contributed by atoms with Crippen LogP contribution in [-0.2, 0) is 58.9 Å². The van der Waals surface area contributed by atoms with Crippen LogP contribution in [0.1, 0.15) is 87.1 Å². The van der Waals surface area contributed by atoms with Gasteiger partial charge in [0.2, 0.25) is 39.2 Å². The summed E-state index contributed by atoms with van der Waals surface area (Å²) in [6.45, 7) is 20.2. The van der Waals surface area contributed by atoms with Crippen LogP contribution in [0.2, 0.25) is 0 Å². The molecule has 23 heteroatoms. The molecule has 1 fully saturated rings. The van der Waals surface area contributed by atoms with Crippen molar-refractivity contribution in [3.05, 3.63) is 61.2 Å². The molecule has 0 unspecified atom stereocenters. The summed E-state index contributed by atoms with van der Waals surface area (Å²) in [6.07, 6.45) is 2.81. The van der Waals surface area contributed by atoms with Crippen LogP contribution in [0.3, 0.4) is 0 Å². The number of benzene rings is 1. The number of alkyl carbamates (subject to hydrolysis) is 1. The van der Waals surface area contributed by atoms with Crippen molar-refractivity contribution in [3.63, 3.8) is 0 Å². The minimum atomic E-state index is -2.06. The molecule has 1 heterocycles. The van der Waals surface area contributed by atoms with Crippen LogP contribution in [0.5, 0.6) is 0 Å². The third-order valence-corrected chi connectivity index (χ3v) is 13.1. The van der Waals surface area contributed by atoms with Gasteiger partial charge in [-0.15, -0.1) is 13.2 Å². The van der Waals surface area contributed by atoms with E-state index in [4.69, 9.17) is 49.0 Å². The number of methoxy groups -OCH3 is 1. The van der Waals surface area contributed by atoms with E-state index in [2.05, 4.69) is 49.8 Å². The summed E-state index contributed by atoms with van der Waals surface area (Å²) in [7, 11) is 1.10. The van der Waals surface area contributed by atoms with Crippen molar-refractivity contribution >= 4 is 82.3 Å². The van der Waals surface area contributed by atoms with E-state index in [-0.39, 0.29) is 19.4 Å². The molecular formula is C48H72Cl3N7O13. The second-order valence-corrected chi connectivity index (χ2v) is 21.0. The van der Waals surface area contributed by atoms with Crippen molar-refractivity contribution in [1.29, 1.82) is 0 Å². The molecular weight excluding hydrogens is 989 g/mol. The standard InChI is InChI=1S/C48H72Cl3N7O13/c1-13-28(4)36(57-39(62)33(26-69-45(6,7)14-2)55-38(61)34(27-70-46(8,9)15-3)56-44(67)71-47(10,11)48(49,50)51)41(64)52-29(5)42(65)58-23-19-22-35(58)40(63)53-31(24-30-20-17-16-18-21-30)37(60)54-32(25-59)43(66)68-12/h14-18,20-21,28-29,31-36,59H,2-3,13,19,22-27H2,1,4-12H3,(H,52,64)(H,53,63)(H,54,60)(H,55,61)(H,56,67)(H,57,62)/t28-,29-,31-,32-,33-,34-,35-,36-/m0/s1. The van der Waals surface area contributed by atoms with Crippen LogP contribution in [0.4, 0.5) is 4.79 Å². The van der Waals surface area contributed by atoms with Crippen LogP contribution < -0.4 is 31.9 Å². The lowest BCUT2D eigenvalue weighted by atomic mass is 9.97. The fourth-order valence-corrected chi connectivity index (χ4v) is 6.72. The van der Waals surface area contributed by atoms with Gasteiger partial charge in [0.25, 0.3) is 0 Å². The van der Waals surface area contributed by atoms with Gasteiger partial charge in [0.15, 0.2) is 11.6 Å². The molecule has 0 bridgehead atoms. The molecule has 1 aliphatic rings. The molecule has 1 aromatic carbocycles. The zero-order valence-electron chi connectivity index (χ0n) is 42.2. The highest BCUT2D eigenvalue weighted by Gasteiger charge is 2.45. The zero-order chi connectivity index (χ0) is 54.1. The molecule has 8 atom stereocenters. The predicted octanol–water partition coefficient (Wildman–Crippen LogP) is 3.08. The van der Waals surface area contributed by atoms with E-state index in [1.54, 1.807) is 71.9 Å². The number of esters is 1. The van der Waals surface area contributed by atoms with Gasteiger partial charge in [0, 0.05) is 13.0 Å². The monoisotopic (exact) mass is 1060 g/mol. The van der Waals surface area contributed by atoms with Crippen LogP contribution in [0, 0.1) is 5.92 Å². The summed E-state index contributed by atoms with van der Waals surface area (Å²) in [5.41, 5.74) is -2.97. The minimum absolute atomic E-state index is 0.00292. The summed E-state index contributed by atoms with van der Waals surface area (Å²) < 4.78 is 19.7. The smallest absolute Gasteiger partial charge is 0.408 e. The molecule has 1 saturated heterocycles. The van der Waals surface area contributed by atoms with Crippen LogP contribution in [-0.4, -0.2) is 154 Å². The third kappa shape index (κ3) is 19.5. The Hall–Kier alpha value is -4.99. The Balaban J connectivity index is 2.37. The van der Waals surface area contributed by atoms with E-state index >= 15 is 0 Å². The number of halogens is 3.